The Morgan fingerprint density at radius 3 is 1.47 bits per heavy atom. The number of aromatic nitrogens is 5. The molecule has 0 amide bonds. The van der Waals surface area contributed by atoms with Crippen molar-refractivity contribution in [1.82, 2.24) is 25.1 Å². The second-order valence-electron chi connectivity index (χ2n) is 9.94. The van der Waals surface area contributed by atoms with Crippen LogP contribution in [0, 0.1) is 24.3 Å². The number of rotatable bonds is 7. The van der Waals surface area contributed by atoms with Crippen molar-refractivity contribution in [2.24, 2.45) is 0 Å². The monoisotopic (exact) mass is 809 g/mol. The molecular weight excluding hydrogens is 790 g/mol. The molecule has 0 unspecified atom stereocenters. The van der Waals surface area contributed by atoms with E-state index in [9.17, 15) is 0 Å². The number of hydrogen-bond donors (Lipinski definition) is 0. The first-order valence-corrected chi connectivity index (χ1v) is 15.4. The van der Waals surface area contributed by atoms with Crippen molar-refractivity contribution in [2.45, 2.75) is 0 Å². The van der Waals surface area contributed by atoms with Crippen LogP contribution in [0.4, 0.5) is 0 Å². The molecule has 4 heterocycles. The molecule has 0 aliphatic carbocycles. The third-order valence-electron chi connectivity index (χ3n) is 7.06. The van der Waals surface area contributed by atoms with Gasteiger partial charge in [-0.3, -0.25) is 0 Å². The van der Waals surface area contributed by atoms with Gasteiger partial charge in [-0.2, -0.15) is 28.0 Å². The van der Waals surface area contributed by atoms with Gasteiger partial charge in [0.25, 0.3) is 0 Å². The average molecular weight is 810 g/mol. The zero-order chi connectivity index (χ0) is 30.0. The molecule has 10 heteroatoms. The van der Waals surface area contributed by atoms with Gasteiger partial charge in [0.05, 0.1) is 6.20 Å². The average Bonchev–Trinajstić information content (AvgIpc) is 3.42. The summed E-state index contributed by atoms with van der Waals surface area (Å²) >= 11 is 0. The molecule has 47 heavy (non-hydrogen) atoms. The number of hydrogen-bond acceptors (Lipinski definition) is 7. The summed E-state index contributed by atoms with van der Waals surface area (Å²) in [7, 11) is -1.23. The molecule has 0 saturated carbocycles. The Hall–Kier alpha value is -4.59. The summed E-state index contributed by atoms with van der Waals surface area (Å²) in [6.45, 7) is 0. The van der Waals surface area contributed by atoms with Crippen LogP contribution in [-0.2, 0) is 40.8 Å². The van der Waals surface area contributed by atoms with Gasteiger partial charge in [0.15, 0.2) is 5.57 Å². The second kappa shape index (κ2) is 14.5. The number of nitrogens with zero attached hydrogens (tertiary/aromatic N) is 5. The molecule has 4 aromatic heterocycles. The molecule has 0 aliphatic rings. The normalized spacial score (nSPS) is 10.6. The van der Waals surface area contributed by atoms with Gasteiger partial charge >= 0.3 is 40.8 Å². The molecule has 0 fully saturated rings. The fraction of sp³-hybridized carbons (Fsp3) is 0. The molecule has 230 valence electrons. The van der Waals surface area contributed by atoms with Crippen LogP contribution in [0.5, 0.6) is 23.0 Å². The molecule has 0 aliphatic heterocycles. The van der Waals surface area contributed by atoms with Crippen molar-refractivity contribution in [3.63, 3.8) is 0 Å². The Morgan fingerprint density at radius 2 is 1.00 bits per heavy atom. The van der Waals surface area contributed by atoms with E-state index in [0.717, 1.165) is 43.5 Å². The van der Waals surface area contributed by atoms with E-state index < -0.39 is 7.53 Å². The molecular formula is C37H20N5O2PPd2. The standard InChI is InChI=1S/C37H20N5O2P.2Pd/c1-3-17-38-33(11-1)25-7-5-9-27(21-25)43-29-13-15-31-32-16-14-30(24-36(32)45(35(31)23-29)37-40-19-20-41-42-37)44-28-10-6-8-26(22-28)34-12-2-4-18-39-34;;/h1-20H;;/q-4;2*+2. The summed E-state index contributed by atoms with van der Waals surface area (Å²) in [5, 5.41) is 12.4. The van der Waals surface area contributed by atoms with E-state index in [4.69, 9.17) is 9.47 Å². The molecule has 8 rings (SSSR count). The Morgan fingerprint density at radius 1 is 0.468 bits per heavy atom. The van der Waals surface area contributed by atoms with Crippen LogP contribution in [0.2, 0.25) is 0 Å². The number of pyridine rings is 2. The van der Waals surface area contributed by atoms with E-state index in [0.29, 0.717) is 28.6 Å². The first kappa shape index (κ1) is 32.4. The first-order valence-electron chi connectivity index (χ1n) is 14.1. The predicted octanol–water partition coefficient (Wildman–Crippen LogP) is 9.06. The van der Waals surface area contributed by atoms with Crippen LogP contribution >= 0.6 is 7.53 Å². The van der Waals surface area contributed by atoms with Crippen molar-refractivity contribution in [1.29, 1.82) is 0 Å². The first-order chi connectivity index (χ1) is 22.3. The van der Waals surface area contributed by atoms with Crippen LogP contribution in [0.1, 0.15) is 0 Å². The van der Waals surface area contributed by atoms with Gasteiger partial charge in [-0.1, -0.05) is 43.9 Å². The zero-order valence-corrected chi connectivity index (χ0v) is 28.2. The molecule has 0 saturated heterocycles. The molecule has 0 bridgehead atoms. The minimum atomic E-state index is -1.23. The molecule has 8 aromatic rings. The van der Waals surface area contributed by atoms with Gasteiger partial charge in [-0.15, -0.1) is 87.1 Å². The van der Waals surface area contributed by atoms with Gasteiger partial charge in [0.2, 0.25) is 0 Å². The molecule has 0 N–H and O–H groups in total. The molecule has 4 aromatic carbocycles. The van der Waals surface area contributed by atoms with E-state index >= 15 is 0 Å². The fourth-order valence-electron chi connectivity index (χ4n) is 5.08. The van der Waals surface area contributed by atoms with E-state index in [1.165, 1.54) is 0 Å². The maximum Gasteiger partial charge on any atom is 2.00 e. The van der Waals surface area contributed by atoms with Gasteiger partial charge < -0.3 is 19.4 Å². The predicted molar refractivity (Wildman–Crippen MR) is 174 cm³/mol. The van der Waals surface area contributed by atoms with Crippen LogP contribution < -0.4 is 9.47 Å². The topological polar surface area (TPSA) is 82.9 Å². The Kier molecular flexibility index (Phi) is 9.95. The zero-order valence-electron chi connectivity index (χ0n) is 24.2. The SMILES string of the molecule is [Pd+2].[Pd+2].[c-]1c(Oc2[c-]c3c(cc2)c2ccc(Oc4[c-]c(-c5ccccn5)ccc4)[c-]c2p3-c2nccnn2)cccc1-c1ccccn1. The Bertz CT molecular complexity index is 2150. The molecule has 0 spiro atoms. The molecule has 0 atom stereocenters. The summed E-state index contributed by atoms with van der Waals surface area (Å²) in [6, 6.07) is 44.6. The fourth-order valence-corrected chi connectivity index (χ4v) is 7.35. The Labute approximate surface area is 299 Å². The summed E-state index contributed by atoms with van der Waals surface area (Å²) in [5.41, 5.74) is 3.93. The van der Waals surface area contributed by atoms with Crippen molar-refractivity contribution >= 4 is 28.5 Å². The van der Waals surface area contributed by atoms with Gasteiger partial charge in [-0.25, -0.2) is 4.98 Å². The molecule has 7 nitrogen and oxygen atoms in total. The van der Waals surface area contributed by atoms with Gasteiger partial charge in [0.1, 0.15) is 0 Å². The minimum absolute atomic E-state index is 0. The van der Waals surface area contributed by atoms with E-state index in [1.54, 1.807) is 24.8 Å². The van der Waals surface area contributed by atoms with Crippen molar-refractivity contribution in [3.8, 4) is 51.1 Å². The summed E-state index contributed by atoms with van der Waals surface area (Å²) in [5.74, 6) is 2.26. The largest absolute Gasteiger partial charge is 2.00 e. The van der Waals surface area contributed by atoms with E-state index in [1.807, 2.05) is 97.1 Å². The smallest absolute Gasteiger partial charge is 0.503 e. The Balaban J connectivity index is 0.00000193. The van der Waals surface area contributed by atoms with Crippen LogP contribution in [0.15, 0.2) is 122 Å². The summed E-state index contributed by atoms with van der Waals surface area (Å²) in [4.78, 5) is 13.4. The van der Waals surface area contributed by atoms with E-state index in [2.05, 4.69) is 49.4 Å². The van der Waals surface area contributed by atoms with Crippen LogP contribution in [0.25, 0.3) is 49.1 Å². The van der Waals surface area contributed by atoms with Gasteiger partial charge in [-0.05, 0) is 23.5 Å². The maximum atomic E-state index is 6.27. The van der Waals surface area contributed by atoms with Crippen LogP contribution in [0.3, 0.4) is 0 Å². The van der Waals surface area contributed by atoms with Gasteiger partial charge in [0, 0.05) is 41.6 Å². The number of benzene rings is 4. The van der Waals surface area contributed by atoms with E-state index in [-0.39, 0.29) is 40.8 Å². The number of fused-ring (bicyclic) bond motifs is 3. The third-order valence-corrected chi connectivity index (χ3v) is 9.27. The van der Waals surface area contributed by atoms with Crippen LogP contribution in [-0.4, -0.2) is 25.1 Å². The van der Waals surface area contributed by atoms with Crippen molar-refractivity contribution in [2.75, 3.05) is 0 Å². The minimum Gasteiger partial charge on any atom is -0.503 e. The maximum absolute atomic E-state index is 6.27. The van der Waals surface area contributed by atoms with Crippen molar-refractivity contribution in [3.05, 3.63) is 146 Å². The summed E-state index contributed by atoms with van der Waals surface area (Å²) in [6.07, 6.45) is 6.74. The number of ether oxygens (including phenoxy) is 2. The van der Waals surface area contributed by atoms with Crippen molar-refractivity contribution < 1.29 is 50.3 Å². The summed E-state index contributed by atoms with van der Waals surface area (Å²) < 4.78 is 12.5. The quantitative estimate of drug-likeness (QED) is 0.117. The third kappa shape index (κ3) is 6.78. The second-order valence-corrected chi connectivity index (χ2v) is 11.9. The molecule has 0 radical (unpaired) electrons.